The Kier molecular flexibility index (Phi) is 2.51. The Morgan fingerprint density at radius 2 is 2.23 bits per heavy atom. The molecule has 0 saturated carbocycles. The molecule has 0 radical (unpaired) electrons. The summed E-state index contributed by atoms with van der Waals surface area (Å²) in [5.41, 5.74) is 0. The fraction of sp³-hybridized carbons (Fsp3) is 0.750. The summed E-state index contributed by atoms with van der Waals surface area (Å²) in [6, 6.07) is 0.479. The molecule has 1 aliphatic heterocycles. The van der Waals surface area contributed by atoms with E-state index in [9.17, 15) is 0 Å². The second kappa shape index (κ2) is 3.50. The molecule has 13 heavy (non-hydrogen) atoms. The van der Waals surface area contributed by atoms with Gasteiger partial charge in [0.15, 0.2) is 0 Å². The average molecular weight is 218 g/mol. The minimum Gasteiger partial charge on any atom is -0.298 e. The first-order valence-corrected chi connectivity index (χ1v) is 5.88. The summed E-state index contributed by atoms with van der Waals surface area (Å²) >= 11 is 7.94. The van der Waals surface area contributed by atoms with Gasteiger partial charge in [0, 0.05) is 5.75 Å². The maximum atomic E-state index is 5.97. The molecule has 5 heteroatoms. The number of aryl methyl sites for hydroxylation is 1. The maximum Gasteiger partial charge on any atom is 0.225 e. The fourth-order valence-electron chi connectivity index (χ4n) is 1.70. The van der Waals surface area contributed by atoms with Crippen LogP contribution in [0, 0.1) is 12.8 Å². The van der Waals surface area contributed by atoms with E-state index in [-0.39, 0.29) is 0 Å². The molecule has 0 N–H and O–H groups in total. The van der Waals surface area contributed by atoms with Crippen molar-refractivity contribution in [3.05, 3.63) is 11.1 Å². The van der Waals surface area contributed by atoms with Crippen LogP contribution >= 0.6 is 23.4 Å². The highest BCUT2D eigenvalue weighted by Gasteiger charge is 2.28. The van der Waals surface area contributed by atoms with E-state index in [0.29, 0.717) is 17.2 Å². The number of halogens is 1. The Morgan fingerprint density at radius 3 is 2.69 bits per heavy atom. The van der Waals surface area contributed by atoms with Crippen LogP contribution in [0.15, 0.2) is 0 Å². The van der Waals surface area contributed by atoms with E-state index in [1.54, 1.807) is 0 Å². The van der Waals surface area contributed by atoms with Gasteiger partial charge in [-0.05, 0) is 30.2 Å². The molecule has 2 atom stereocenters. The monoisotopic (exact) mass is 217 g/mol. The van der Waals surface area contributed by atoms with Crippen molar-refractivity contribution in [2.24, 2.45) is 5.92 Å². The molecule has 72 valence electrons. The Morgan fingerprint density at radius 1 is 1.46 bits per heavy atom. The van der Waals surface area contributed by atoms with Crippen molar-refractivity contribution in [3.63, 3.8) is 0 Å². The number of nitrogens with zero attached hydrogens (tertiary/aromatic N) is 3. The van der Waals surface area contributed by atoms with Crippen molar-refractivity contribution in [2.75, 3.05) is 11.5 Å². The highest BCUT2D eigenvalue weighted by molar-refractivity contribution is 7.99. The zero-order valence-electron chi connectivity index (χ0n) is 7.70. The lowest BCUT2D eigenvalue weighted by Crippen LogP contribution is -2.16. The van der Waals surface area contributed by atoms with Crippen LogP contribution in [-0.4, -0.2) is 26.3 Å². The van der Waals surface area contributed by atoms with Crippen LogP contribution in [0.2, 0.25) is 5.28 Å². The lowest BCUT2D eigenvalue weighted by Gasteiger charge is -2.17. The normalized spacial score (nSPS) is 28.2. The van der Waals surface area contributed by atoms with Crippen molar-refractivity contribution in [1.82, 2.24) is 14.8 Å². The maximum absolute atomic E-state index is 5.97. The zero-order chi connectivity index (χ0) is 9.42. The number of thioether (sulfide) groups is 1. The zero-order valence-corrected chi connectivity index (χ0v) is 9.27. The van der Waals surface area contributed by atoms with E-state index >= 15 is 0 Å². The number of hydrogen-bond acceptors (Lipinski definition) is 3. The Balaban J connectivity index is 2.33. The first-order valence-electron chi connectivity index (χ1n) is 4.35. The molecule has 0 aliphatic carbocycles. The number of aromatic nitrogens is 3. The highest BCUT2D eigenvalue weighted by atomic mass is 35.5. The second-order valence-corrected chi connectivity index (χ2v) is 4.88. The summed E-state index contributed by atoms with van der Waals surface area (Å²) in [5, 5.41) is 8.36. The molecule has 0 bridgehead atoms. The van der Waals surface area contributed by atoms with Gasteiger partial charge in [0.25, 0.3) is 0 Å². The van der Waals surface area contributed by atoms with Crippen molar-refractivity contribution in [2.45, 2.75) is 19.9 Å². The van der Waals surface area contributed by atoms with Gasteiger partial charge in [-0.2, -0.15) is 11.8 Å². The number of rotatable bonds is 1. The summed E-state index contributed by atoms with van der Waals surface area (Å²) in [7, 11) is 0. The van der Waals surface area contributed by atoms with Crippen LogP contribution in [0.4, 0.5) is 0 Å². The molecule has 1 saturated heterocycles. The minimum absolute atomic E-state index is 0.479. The van der Waals surface area contributed by atoms with Crippen molar-refractivity contribution < 1.29 is 0 Å². The molecule has 2 unspecified atom stereocenters. The van der Waals surface area contributed by atoms with Gasteiger partial charge in [0.2, 0.25) is 5.28 Å². The minimum atomic E-state index is 0.479. The third-order valence-corrected chi connectivity index (χ3v) is 4.08. The Hall–Kier alpha value is -0.220. The van der Waals surface area contributed by atoms with Gasteiger partial charge >= 0.3 is 0 Å². The molecule has 2 heterocycles. The van der Waals surface area contributed by atoms with E-state index in [2.05, 4.69) is 17.1 Å². The molecular formula is C8H12ClN3S. The molecule has 1 aromatic heterocycles. The molecule has 1 aromatic rings. The largest absolute Gasteiger partial charge is 0.298 e. The summed E-state index contributed by atoms with van der Waals surface area (Å²) < 4.78 is 2.05. The van der Waals surface area contributed by atoms with Crippen LogP contribution in [-0.2, 0) is 0 Å². The summed E-state index contributed by atoms with van der Waals surface area (Å²) in [6.45, 7) is 4.20. The van der Waals surface area contributed by atoms with Crippen LogP contribution in [0.1, 0.15) is 18.8 Å². The van der Waals surface area contributed by atoms with Crippen LogP contribution in [0.3, 0.4) is 0 Å². The molecule has 2 rings (SSSR count). The van der Waals surface area contributed by atoms with Crippen LogP contribution < -0.4 is 0 Å². The molecule has 0 spiro atoms. The third-order valence-electron chi connectivity index (χ3n) is 2.48. The van der Waals surface area contributed by atoms with Gasteiger partial charge in [-0.3, -0.25) is 4.57 Å². The van der Waals surface area contributed by atoms with Crippen LogP contribution in [0.25, 0.3) is 0 Å². The molecule has 1 fully saturated rings. The Labute approximate surface area is 86.9 Å². The predicted molar refractivity (Wildman–Crippen MR) is 55.3 cm³/mol. The lowest BCUT2D eigenvalue weighted by molar-refractivity contribution is 0.430. The van der Waals surface area contributed by atoms with E-state index in [1.807, 2.05) is 23.3 Å². The van der Waals surface area contributed by atoms with Crippen molar-refractivity contribution in [3.8, 4) is 0 Å². The average Bonchev–Trinajstić information content (AvgIpc) is 2.60. The van der Waals surface area contributed by atoms with E-state index in [4.69, 9.17) is 11.6 Å². The molecule has 1 aliphatic rings. The van der Waals surface area contributed by atoms with Crippen LogP contribution in [0.5, 0.6) is 0 Å². The van der Waals surface area contributed by atoms with Gasteiger partial charge < -0.3 is 0 Å². The van der Waals surface area contributed by atoms with Gasteiger partial charge in [-0.25, -0.2) is 0 Å². The highest BCUT2D eigenvalue weighted by Crippen LogP contribution is 2.35. The van der Waals surface area contributed by atoms with Gasteiger partial charge in [0.1, 0.15) is 5.82 Å². The SMILES string of the molecule is Cc1nnc(Cl)n1C1CSCC1C. The second-order valence-electron chi connectivity index (χ2n) is 3.47. The predicted octanol–water partition coefficient (Wildman–Crippen LogP) is 2.16. The molecule has 0 amide bonds. The lowest BCUT2D eigenvalue weighted by atomic mass is 10.1. The van der Waals surface area contributed by atoms with Gasteiger partial charge in [-0.1, -0.05) is 6.92 Å². The van der Waals surface area contributed by atoms with E-state index in [0.717, 1.165) is 11.6 Å². The van der Waals surface area contributed by atoms with E-state index < -0.39 is 0 Å². The molecule has 0 aromatic carbocycles. The molecular weight excluding hydrogens is 206 g/mol. The van der Waals surface area contributed by atoms with Gasteiger partial charge in [-0.15, -0.1) is 10.2 Å². The Bertz CT molecular complexity index is 293. The van der Waals surface area contributed by atoms with E-state index in [1.165, 1.54) is 5.75 Å². The van der Waals surface area contributed by atoms with Crippen molar-refractivity contribution >= 4 is 23.4 Å². The first-order chi connectivity index (χ1) is 6.20. The van der Waals surface area contributed by atoms with Gasteiger partial charge in [0.05, 0.1) is 6.04 Å². The smallest absolute Gasteiger partial charge is 0.225 e. The third kappa shape index (κ3) is 1.57. The fourth-order valence-corrected chi connectivity index (χ4v) is 3.43. The standard InChI is InChI=1S/C8H12ClN3S/c1-5-3-13-4-7(5)12-6(2)10-11-8(12)9/h5,7H,3-4H2,1-2H3. The quantitative estimate of drug-likeness (QED) is 0.723. The topological polar surface area (TPSA) is 30.7 Å². The van der Waals surface area contributed by atoms with Crippen molar-refractivity contribution in [1.29, 1.82) is 0 Å². The summed E-state index contributed by atoms with van der Waals surface area (Å²) in [6.07, 6.45) is 0. The molecule has 3 nitrogen and oxygen atoms in total. The first kappa shape index (κ1) is 9.34. The number of hydrogen-bond donors (Lipinski definition) is 0. The summed E-state index contributed by atoms with van der Waals surface area (Å²) in [5.74, 6) is 3.92. The summed E-state index contributed by atoms with van der Waals surface area (Å²) in [4.78, 5) is 0.